The first kappa shape index (κ1) is 19.1. The molecular weight excluding hydrogens is 376 g/mol. The van der Waals surface area contributed by atoms with Gasteiger partial charge in [0.1, 0.15) is 6.54 Å². The molecule has 0 bridgehead atoms. The molecular formula is C19H22N6O4. The van der Waals surface area contributed by atoms with E-state index in [0.29, 0.717) is 31.3 Å². The lowest BCUT2D eigenvalue weighted by molar-refractivity contribution is -0.384. The third kappa shape index (κ3) is 4.11. The van der Waals surface area contributed by atoms with Gasteiger partial charge >= 0.3 is 0 Å². The minimum absolute atomic E-state index is 0.0355. The van der Waals surface area contributed by atoms with Crippen molar-refractivity contribution in [3.05, 3.63) is 52.3 Å². The van der Waals surface area contributed by atoms with E-state index < -0.39 is 4.92 Å². The van der Waals surface area contributed by atoms with Crippen LogP contribution in [-0.4, -0.2) is 61.5 Å². The summed E-state index contributed by atoms with van der Waals surface area (Å²) in [6.07, 6.45) is 2.51. The molecule has 0 atom stereocenters. The summed E-state index contributed by atoms with van der Waals surface area (Å²) in [6, 6.07) is 6.47. The molecule has 10 nitrogen and oxygen atoms in total. The number of amides is 1. The number of hydrogen-bond donors (Lipinski definition) is 0. The standard InChI is InChI=1S/C19H22N6O4/c1-2-18-20-17(21-29-18)12-22-7-9-23(10-8-22)19(26)13-24-6-5-14-11-15(25(27)28)3-4-16(14)24/h3-6,11H,2,7-10,12-13H2,1H3. The zero-order valence-electron chi connectivity index (χ0n) is 16.2. The van der Waals surface area contributed by atoms with Crippen LogP contribution in [0.5, 0.6) is 0 Å². The molecule has 29 heavy (non-hydrogen) atoms. The summed E-state index contributed by atoms with van der Waals surface area (Å²) < 4.78 is 6.97. The number of aryl methyl sites for hydroxylation is 1. The van der Waals surface area contributed by atoms with Crippen LogP contribution in [0, 0.1) is 10.1 Å². The largest absolute Gasteiger partial charge is 0.339 e. The SMILES string of the molecule is CCc1nc(CN2CCN(C(=O)Cn3ccc4cc([N+](=O)[O-])ccc43)CC2)no1. The van der Waals surface area contributed by atoms with Crippen molar-refractivity contribution in [3.63, 3.8) is 0 Å². The number of aromatic nitrogens is 3. The zero-order chi connectivity index (χ0) is 20.4. The smallest absolute Gasteiger partial charge is 0.270 e. The summed E-state index contributed by atoms with van der Waals surface area (Å²) in [5, 5.41) is 15.6. The topological polar surface area (TPSA) is 111 Å². The van der Waals surface area contributed by atoms with Crippen LogP contribution in [0.1, 0.15) is 18.6 Å². The predicted octanol–water partition coefficient (Wildman–Crippen LogP) is 1.84. The first-order chi connectivity index (χ1) is 14.0. The van der Waals surface area contributed by atoms with Gasteiger partial charge in [-0.15, -0.1) is 0 Å². The van der Waals surface area contributed by atoms with Crippen molar-refractivity contribution in [2.24, 2.45) is 0 Å². The van der Waals surface area contributed by atoms with Gasteiger partial charge in [0.25, 0.3) is 5.69 Å². The maximum atomic E-state index is 12.7. The molecule has 1 aliphatic heterocycles. The molecule has 152 valence electrons. The number of carbonyl (C=O) groups is 1. The van der Waals surface area contributed by atoms with Gasteiger partial charge in [0, 0.05) is 61.8 Å². The van der Waals surface area contributed by atoms with E-state index in [1.54, 1.807) is 18.3 Å². The number of nitro groups is 1. The first-order valence-corrected chi connectivity index (χ1v) is 9.58. The van der Waals surface area contributed by atoms with Crippen molar-refractivity contribution in [2.45, 2.75) is 26.4 Å². The molecule has 4 rings (SSSR count). The Morgan fingerprint density at radius 3 is 2.72 bits per heavy atom. The number of nitro benzene ring substituents is 1. The van der Waals surface area contributed by atoms with Crippen molar-refractivity contribution in [1.29, 1.82) is 0 Å². The molecule has 1 saturated heterocycles. The van der Waals surface area contributed by atoms with Crippen LogP contribution in [0.2, 0.25) is 0 Å². The second kappa shape index (κ2) is 8.00. The Kier molecular flexibility index (Phi) is 5.26. The summed E-state index contributed by atoms with van der Waals surface area (Å²) in [5.41, 5.74) is 0.858. The number of hydrogen-bond acceptors (Lipinski definition) is 7. The van der Waals surface area contributed by atoms with Crippen molar-refractivity contribution in [2.75, 3.05) is 26.2 Å². The number of fused-ring (bicyclic) bond motifs is 1. The molecule has 2 aromatic heterocycles. The Morgan fingerprint density at radius 2 is 2.03 bits per heavy atom. The van der Waals surface area contributed by atoms with Crippen LogP contribution in [0.3, 0.4) is 0 Å². The highest BCUT2D eigenvalue weighted by Gasteiger charge is 2.23. The van der Waals surface area contributed by atoms with E-state index in [9.17, 15) is 14.9 Å². The minimum atomic E-state index is -0.418. The normalized spacial score (nSPS) is 15.1. The molecule has 0 N–H and O–H groups in total. The van der Waals surface area contributed by atoms with E-state index >= 15 is 0 Å². The van der Waals surface area contributed by atoms with Crippen LogP contribution < -0.4 is 0 Å². The van der Waals surface area contributed by atoms with Gasteiger partial charge in [0.15, 0.2) is 5.82 Å². The molecule has 1 aliphatic rings. The lowest BCUT2D eigenvalue weighted by Crippen LogP contribution is -2.49. The predicted molar refractivity (Wildman–Crippen MR) is 104 cm³/mol. The second-order valence-corrected chi connectivity index (χ2v) is 7.06. The summed E-state index contributed by atoms with van der Waals surface area (Å²) in [4.78, 5) is 31.6. The lowest BCUT2D eigenvalue weighted by Gasteiger charge is -2.34. The number of rotatable bonds is 6. The van der Waals surface area contributed by atoms with E-state index in [0.717, 1.165) is 30.4 Å². The fourth-order valence-corrected chi connectivity index (χ4v) is 3.54. The number of nitrogens with zero attached hydrogens (tertiary/aromatic N) is 6. The monoisotopic (exact) mass is 398 g/mol. The maximum Gasteiger partial charge on any atom is 0.270 e. The first-order valence-electron chi connectivity index (χ1n) is 9.58. The molecule has 0 unspecified atom stereocenters. The van der Waals surface area contributed by atoms with Gasteiger partial charge < -0.3 is 14.0 Å². The molecule has 0 radical (unpaired) electrons. The molecule has 1 aromatic carbocycles. The van der Waals surface area contributed by atoms with Gasteiger partial charge in [-0.3, -0.25) is 19.8 Å². The van der Waals surface area contributed by atoms with Crippen LogP contribution >= 0.6 is 0 Å². The number of carbonyl (C=O) groups excluding carboxylic acids is 1. The molecule has 3 heterocycles. The summed E-state index contributed by atoms with van der Waals surface area (Å²) in [5.74, 6) is 1.35. The van der Waals surface area contributed by atoms with Crippen molar-refractivity contribution in [3.8, 4) is 0 Å². The lowest BCUT2D eigenvalue weighted by atomic mass is 10.2. The van der Waals surface area contributed by atoms with E-state index in [1.807, 2.05) is 16.4 Å². The van der Waals surface area contributed by atoms with E-state index in [2.05, 4.69) is 15.0 Å². The van der Waals surface area contributed by atoms with Gasteiger partial charge in [0.05, 0.1) is 11.5 Å². The van der Waals surface area contributed by atoms with Crippen LogP contribution in [0.25, 0.3) is 10.9 Å². The van der Waals surface area contributed by atoms with Crippen LogP contribution in [-0.2, 0) is 24.3 Å². The van der Waals surface area contributed by atoms with Crippen LogP contribution in [0.15, 0.2) is 35.0 Å². The highest BCUT2D eigenvalue weighted by Crippen LogP contribution is 2.22. The average Bonchev–Trinajstić information content (AvgIpc) is 3.35. The number of benzene rings is 1. The van der Waals surface area contributed by atoms with E-state index in [-0.39, 0.29) is 18.1 Å². The molecule has 0 spiro atoms. The van der Waals surface area contributed by atoms with Crippen LogP contribution in [0.4, 0.5) is 5.69 Å². The van der Waals surface area contributed by atoms with Crippen molar-refractivity contribution < 1.29 is 14.2 Å². The van der Waals surface area contributed by atoms with Gasteiger partial charge in [-0.2, -0.15) is 4.98 Å². The minimum Gasteiger partial charge on any atom is -0.339 e. The third-order valence-electron chi connectivity index (χ3n) is 5.17. The fourth-order valence-electron chi connectivity index (χ4n) is 3.54. The van der Waals surface area contributed by atoms with E-state index in [1.165, 1.54) is 12.1 Å². The van der Waals surface area contributed by atoms with E-state index in [4.69, 9.17) is 4.52 Å². The van der Waals surface area contributed by atoms with Gasteiger partial charge in [0.2, 0.25) is 11.8 Å². The van der Waals surface area contributed by atoms with Gasteiger partial charge in [-0.05, 0) is 12.1 Å². The van der Waals surface area contributed by atoms with Gasteiger partial charge in [-0.1, -0.05) is 12.1 Å². The third-order valence-corrected chi connectivity index (χ3v) is 5.17. The summed E-state index contributed by atoms with van der Waals surface area (Å²) in [6.45, 7) is 5.58. The Labute approximate surface area is 166 Å². The maximum absolute atomic E-state index is 12.7. The molecule has 1 fully saturated rings. The fraction of sp³-hybridized carbons (Fsp3) is 0.421. The highest BCUT2D eigenvalue weighted by molar-refractivity contribution is 5.85. The summed E-state index contributed by atoms with van der Waals surface area (Å²) in [7, 11) is 0. The Bertz CT molecular complexity index is 1030. The molecule has 0 aliphatic carbocycles. The Hall–Kier alpha value is -3.27. The quantitative estimate of drug-likeness (QED) is 0.460. The molecule has 3 aromatic rings. The molecule has 0 saturated carbocycles. The molecule has 10 heteroatoms. The zero-order valence-corrected chi connectivity index (χ0v) is 16.2. The second-order valence-electron chi connectivity index (χ2n) is 7.06. The van der Waals surface area contributed by atoms with Crippen molar-refractivity contribution in [1.82, 2.24) is 24.5 Å². The van der Waals surface area contributed by atoms with Crippen molar-refractivity contribution >= 4 is 22.5 Å². The average molecular weight is 398 g/mol. The summed E-state index contributed by atoms with van der Waals surface area (Å²) >= 11 is 0. The Balaban J connectivity index is 1.34. The highest BCUT2D eigenvalue weighted by atomic mass is 16.6. The molecule has 1 amide bonds. The van der Waals surface area contributed by atoms with Gasteiger partial charge in [-0.25, -0.2) is 0 Å². The Morgan fingerprint density at radius 1 is 1.24 bits per heavy atom. The number of non-ortho nitro benzene ring substituents is 1. The number of piperazine rings is 1.